The summed E-state index contributed by atoms with van der Waals surface area (Å²) in [6, 6.07) is 0.173. The fourth-order valence-electron chi connectivity index (χ4n) is 1.28. The number of guanidine groups is 1. The van der Waals surface area contributed by atoms with Gasteiger partial charge < -0.3 is 10.6 Å². The minimum Gasteiger partial charge on any atom is -0.350 e. The first kappa shape index (κ1) is 12.3. The number of aliphatic imine (C=N–C) groups is 1. The van der Waals surface area contributed by atoms with E-state index in [0.717, 1.165) is 5.70 Å². The molecule has 1 heterocycles. The van der Waals surface area contributed by atoms with E-state index in [0.29, 0.717) is 5.96 Å². The first-order valence-corrected chi connectivity index (χ1v) is 5.08. The second-order valence-corrected chi connectivity index (χ2v) is 3.41. The molecule has 0 aromatic heterocycles. The number of nitrogens with two attached hydrogens (primary N) is 1. The molecule has 0 fully saturated rings. The van der Waals surface area contributed by atoms with E-state index < -0.39 is 0 Å². The Morgan fingerprint density at radius 3 is 3.12 bits per heavy atom. The fraction of sp³-hybridized carbons (Fsp3) is 0.400. The zero-order valence-electron chi connectivity index (χ0n) is 9.45. The molecule has 1 atom stereocenters. The molecule has 1 amide bonds. The molecular formula is C10H17N5O. The molecule has 0 saturated carbocycles. The van der Waals surface area contributed by atoms with Gasteiger partial charge in [0.05, 0.1) is 12.2 Å². The monoisotopic (exact) mass is 223 g/mol. The Morgan fingerprint density at radius 2 is 2.50 bits per heavy atom. The van der Waals surface area contributed by atoms with E-state index in [4.69, 9.17) is 5.84 Å². The molecule has 1 unspecified atom stereocenters. The van der Waals surface area contributed by atoms with Crippen molar-refractivity contribution >= 4 is 11.9 Å². The number of carbonyl (C=O) groups excluding carboxylic acids is 1. The lowest BCUT2D eigenvalue weighted by Crippen LogP contribution is -2.47. The number of carbonyl (C=O) groups is 1. The maximum atomic E-state index is 10.9. The highest BCUT2D eigenvalue weighted by atomic mass is 16.2. The summed E-state index contributed by atoms with van der Waals surface area (Å²) in [5, 5.41) is 5.96. The minimum absolute atomic E-state index is 0.0954. The molecule has 6 nitrogen and oxygen atoms in total. The summed E-state index contributed by atoms with van der Waals surface area (Å²) in [5.41, 5.74) is 2.90. The predicted octanol–water partition coefficient (Wildman–Crippen LogP) is -0.626. The van der Waals surface area contributed by atoms with Gasteiger partial charge in [0.1, 0.15) is 0 Å². The summed E-state index contributed by atoms with van der Waals surface area (Å²) in [5.74, 6) is 5.25. The number of allylic oxidation sites excluding steroid dienone is 2. The molecule has 0 aromatic carbocycles. The number of hydrogen-bond acceptors (Lipinski definition) is 5. The third kappa shape index (κ3) is 3.74. The van der Waals surface area contributed by atoms with Gasteiger partial charge in [-0.2, -0.15) is 0 Å². The molecule has 1 rings (SSSR count). The van der Waals surface area contributed by atoms with Crippen LogP contribution in [0.4, 0.5) is 0 Å². The lowest BCUT2D eigenvalue weighted by atomic mass is 10.2. The molecule has 0 bridgehead atoms. The zero-order valence-corrected chi connectivity index (χ0v) is 9.45. The minimum atomic E-state index is -0.292. The molecular weight excluding hydrogens is 206 g/mol. The second kappa shape index (κ2) is 5.92. The van der Waals surface area contributed by atoms with Gasteiger partial charge in [0.15, 0.2) is 5.96 Å². The summed E-state index contributed by atoms with van der Waals surface area (Å²) in [6.07, 6.45) is 5.81. The van der Waals surface area contributed by atoms with Crippen LogP contribution in [0.1, 0.15) is 13.8 Å². The van der Waals surface area contributed by atoms with Crippen LogP contribution < -0.4 is 21.9 Å². The van der Waals surface area contributed by atoms with Gasteiger partial charge in [-0.25, -0.2) is 10.8 Å². The molecule has 0 aromatic rings. The Kier molecular flexibility index (Phi) is 4.53. The number of rotatable bonds is 3. The molecule has 0 saturated heterocycles. The fourth-order valence-corrected chi connectivity index (χ4v) is 1.28. The van der Waals surface area contributed by atoms with Crippen molar-refractivity contribution in [2.45, 2.75) is 19.9 Å². The van der Waals surface area contributed by atoms with Crippen LogP contribution in [-0.4, -0.2) is 24.5 Å². The van der Waals surface area contributed by atoms with Crippen LogP contribution in [0.5, 0.6) is 0 Å². The summed E-state index contributed by atoms with van der Waals surface area (Å²) < 4.78 is 0. The Balaban J connectivity index is 2.60. The Labute approximate surface area is 94.7 Å². The van der Waals surface area contributed by atoms with Crippen molar-refractivity contribution in [3.05, 3.63) is 23.9 Å². The van der Waals surface area contributed by atoms with Gasteiger partial charge in [0, 0.05) is 6.04 Å². The largest absolute Gasteiger partial charge is 0.350 e. The van der Waals surface area contributed by atoms with Gasteiger partial charge in [-0.3, -0.25) is 10.2 Å². The van der Waals surface area contributed by atoms with Crippen molar-refractivity contribution in [3.63, 3.8) is 0 Å². The van der Waals surface area contributed by atoms with E-state index >= 15 is 0 Å². The van der Waals surface area contributed by atoms with Crippen molar-refractivity contribution in [3.8, 4) is 0 Å². The molecule has 88 valence electrons. The van der Waals surface area contributed by atoms with E-state index in [-0.39, 0.29) is 18.5 Å². The van der Waals surface area contributed by atoms with Gasteiger partial charge in [-0.05, 0) is 26.0 Å². The van der Waals surface area contributed by atoms with Gasteiger partial charge >= 0.3 is 0 Å². The quantitative estimate of drug-likeness (QED) is 0.291. The average Bonchev–Trinajstić information content (AvgIpc) is 2.25. The predicted molar refractivity (Wildman–Crippen MR) is 63.3 cm³/mol. The van der Waals surface area contributed by atoms with E-state index in [2.05, 4.69) is 15.6 Å². The first-order chi connectivity index (χ1) is 7.65. The lowest BCUT2D eigenvalue weighted by molar-refractivity contribution is -0.120. The van der Waals surface area contributed by atoms with Gasteiger partial charge in [0.2, 0.25) is 0 Å². The number of nitrogens with zero attached hydrogens (tertiary/aromatic N) is 1. The van der Waals surface area contributed by atoms with Crippen molar-refractivity contribution in [2.75, 3.05) is 6.54 Å². The summed E-state index contributed by atoms with van der Waals surface area (Å²) in [7, 11) is 0. The summed E-state index contributed by atoms with van der Waals surface area (Å²) in [4.78, 5) is 15.2. The van der Waals surface area contributed by atoms with Crippen LogP contribution >= 0.6 is 0 Å². The Hall–Kier alpha value is -1.82. The van der Waals surface area contributed by atoms with Crippen molar-refractivity contribution < 1.29 is 4.79 Å². The van der Waals surface area contributed by atoms with Crippen LogP contribution in [0.15, 0.2) is 28.9 Å². The van der Waals surface area contributed by atoms with E-state index in [1.807, 2.05) is 37.5 Å². The number of hydrazine groups is 1. The van der Waals surface area contributed by atoms with Crippen molar-refractivity contribution in [2.24, 2.45) is 10.8 Å². The summed E-state index contributed by atoms with van der Waals surface area (Å²) >= 11 is 0. The van der Waals surface area contributed by atoms with Gasteiger partial charge in [-0.1, -0.05) is 6.08 Å². The molecule has 16 heavy (non-hydrogen) atoms. The highest BCUT2D eigenvalue weighted by Crippen LogP contribution is 2.06. The van der Waals surface area contributed by atoms with Gasteiger partial charge in [-0.15, -0.1) is 0 Å². The third-order valence-corrected chi connectivity index (χ3v) is 1.94. The molecule has 5 N–H and O–H groups in total. The van der Waals surface area contributed by atoms with Crippen LogP contribution in [-0.2, 0) is 4.79 Å². The van der Waals surface area contributed by atoms with Crippen LogP contribution in [0, 0.1) is 0 Å². The average molecular weight is 223 g/mol. The Morgan fingerprint density at radius 1 is 1.75 bits per heavy atom. The van der Waals surface area contributed by atoms with E-state index in [1.54, 1.807) is 0 Å². The standard InChI is InChI=1S/C10H17N5O/c1-3-4-8-5-7(2)13-10(14-8)12-6-9(16)15-11/h3-5,7H,6,11H2,1-2H3,(H,15,16)(H2,12,13,14)/b4-3-. The van der Waals surface area contributed by atoms with Crippen molar-refractivity contribution in [1.82, 2.24) is 16.1 Å². The molecule has 0 spiro atoms. The van der Waals surface area contributed by atoms with Crippen molar-refractivity contribution in [1.29, 1.82) is 0 Å². The molecule has 6 heteroatoms. The molecule has 1 aliphatic rings. The normalized spacial score (nSPS) is 19.8. The molecule has 1 aliphatic heterocycles. The highest BCUT2D eigenvalue weighted by molar-refractivity contribution is 5.87. The third-order valence-electron chi connectivity index (χ3n) is 1.94. The zero-order chi connectivity index (χ0) is 12.0. The smallest absolute Gasteiger partial charge is 0.253 e. The highest BCUT2D eigenvalue weighted by Gasteiger charge is 2.10. The van der Waals surface area contributed by atoms with Crippen LogP contribution in [0.3, 0.4) is 0 Å². The number of nitrogens with one attached hydrogen (secondary N) is 3. The Bertz CT molecular complexity index is 345. The molecule has 0 radical (unpaired) electrons. The number of hydrogen-bond donors (Lipinski definition) is 4. The van der Waals surface area contributed by atoms with E-state index in [9.17, 15) is 4.79 Å². The topological polar surface area (TPSA) is 91.5 Å². The lowest BCUT2D eigenvalue weighted by Gasteiger charge is -2.19. The SMILES string of the molecule is C/C=C\C1=CC(C)NC(NCC(=O)NN)=N1. The molecule has 0 aliphatic carbocycles. The summed E-state index contributed by atoms with van der Waals surface area (Å²) in [6.45, 7) is 4.03. The van der Waals surface area contributed by atoms with Crippen LogP contribution in [0.25, 0.3) is 0 Å². The maximum Gasteiger partial charge on any atom is 0.253 e. The second-order valence-electron chi connectivity index (χ2n) is 3.41. The number of amides is 1. The maximum absolute atomic E-state index is 10.9. The van der Waals surface area contributed by atoms with E-state index in [1.165, 1.54) is 0 Å². The first-order valence-electron chi connectivity index (χ1n) is 5.08. The van der Waals surface area contributed by atoms with Crippen LogP contribution in [0.2, 0.25) is 0 Å². The van der Waals surface area contributed by atoms with Gasteiger partial charge in [0.25, 0.3) is 5.91 Å².